The van der Waals surface area contributed by atoms with Gasteiger partial charge in [-0.3, -0.25) is 9.69 Å². The Bertz CT molecular complexity index is 638. The summed E-state index contributed by atoms with van der Waals surface area (Å²) in [5.41, 5.74) is 0.445. The van der Waals surface area contributed by atoms with Crippen LogP contribution in [0.25, 0.3) is 0 Å². The molecule has 1 saturated heterocycles. The van der Waals surface area contributed by atoms with Gasteiger partial charge in [0.15, 0.2) is 0 Å². The fourth-order valence-electron chi connectivity index (χ4n) is 2.61. The maximum absolute atomic E-state index is 11.6. The summed E-state index contributed by atoms with van der Waals surface area (Å²) in [6.45, 7) is 8.29. The van der Waals surface area contributed by atoms with Crippen molar-refractivity contribution in [1.82, 2.24) is 15.5 Å². The molecule has 28 heavy (non-hydrogen) atoms. The molecule has 1 fully saturated rings. The summed E-state index contributed by atoms with van der Waals surface area (Å²) >= 11 is 0. The summed E-state index contributed by atoms with van der Waals surface area (Å²) in [5.74, 6) is -1.14. The standard InChI is InChI=1S/C19H27N3O6/c1-15-20-14-16(19(25)21-15)6-11-28-18(24)5-4-17(23)27-10-3-2-7-22-8-12-26-13-9-22/h4-5,14,20H,1-3,6-13H2,(H,21,25)/b5-4+. The maximum atomic E-state index is 11.6. The molecule has 2 aliphatic heterocycles. The predicted molar refractivity (Wildman–Crippen MR) is 101 cm³/mol. The van der Waals surface area contributed by atoms with Crippen LogP contribution in [0.3, 0.4) is 0 Å². The third-order valence-electron chi connectivity index (χ3n) is 4.16. The van der Waals surface area contributed by atoms with Gasteiger partial charge in [-0.1, -0.05) is 6.58 Å². The fourth-order valence-corrected chi connectivity index (χ4v) is 2.61. The molecule has 0 saturated carbocycles. The number of unbranched alkanes of at least 4 members (excludes halogenated alkanes) is 1. The zero-order valence-corrected chi connectivity index (χ0v) is 15.9. The highest BCUT2D eigenvalue weighted by Gasteiger charge is 2.15. The Morgan fingerprint density at radius 2 is 1.82 bits per heavy atom. The molecule has 2 heterocycles. The van der Waals surface area contributed by atoms with E-state index in [1.54, 1.807) is 0 Å². The van der Waals surface area contributed by atoms with Crippen LogP contribution in [0.1, 0.15) is 19.3 Å². The molecule has 0 unspecified atom stereocenters. The highest BCUT2D eigenvalue weighted by molar-refractivity contribution is 5.95. The van der Waals surface area contributed by atoms with Gasteiger partial charge >= 0.3 is 11.9 Å². The molecule has 9 heteroatoms. The molecule has 0 radical (unpaired) electrons. The lowest BCUT2D eigenvalue weighted by Gasteiger charge is -2.26. The lowest BCUT2D eigenvalue weighted by Crippen LogP contribution is -2.36. The molecule has 0 bridgehead atoms. The van der Waals surface area contributed by atoms with E-state index >= 15 is 0 Å². The molecule has 0 spiro atoms. The molecule has 154 valence electrons. The third kappa shape index (κ3) is 8.36. The third-order valence-corrected chi connectivity index (χ3v) is 4.16. The topological polar surface area (TPSA) is 106 Å². The van der Waals surface area contributed by atoms with E-state index in [0.717, 1.165) is 57.8 Å². The van der Waals surface area contributed by atoms with Crippen LogP contribution >= 0.6 is 0 Å². The number of nitrogens with one attached hydrogen (secondary N) is 2. The molecule has 9 nitrogen and oxygen atoms in total. The van der Waals surface area contributed by atoms with E-state index in [-0.39, 0.29) is 18.9 Å². The molecule has 2 rings (SSSR count). The molecule has 2 aliphatic rings. The Morgan fingerprint density at radius 1 is 1.14 bits per heavy atom. The summed E-state index contributed by atoms with van der Waals surface area (Å²) in [6, 6.07) is 0. The summed E-state index contributed by atoms with van der Waals surface area (Å²) in [6.07, 6.45) is 5.53. The monoisotopic (exact) mass is 393 g/mol. The first kappa shape index (κ1) is 21.6. The zero-order valence-electron chi connectivity index (χ0n) is 15.9. The Morgan fingerprint density at radius 3 is 2.50 bits per heavy atom. The number of amides is 1. The minimum atomic E-state index is -0.668. The Hall–Kier alpha value is -2.65. The van der Waals surface area contributed by atoms with Gasteiger partial charge in [-0.05, 0) is 19.4 Å². The lowest BCUT2D eigenvalue weighted by molar-refractivity contribution is -0.140. The van der Waals surface area contributed by atoms with Crippen molar-refractivity contribution in [3.8, 4) is 0 Å². The van der Waals surface area contributed by atoms with Gasteiger partial charge in [-0.25, -0.2) is 9.59 Å². The summed E-state index contributed by atoms with van der Waals surface area (Å²) in [4.78, 5) is 37.1. The van der Waals surface area contributed by atoms with Gasteiger partial charge in [-0.15, -0.1) is 0 Å². The van der Waals surface area contributed by atoms with E-state index < -0.39 is 11.9 Å². The van der Waals surface area contributed by atoms with Crippen LogP contribution in [0.5, 0.6) is 0 Å². The van der Waals surface area contributed by atoms with Crippen molar-refractivity contribution in [2.75, 3.05) is 46.1 Å². The molecule has 0 aromatic heterocycles. The zero-order chi connectivity index (χ0) is 20.2. The van der Waals surface area contributed by atoms with Gasteiger partial charge in [0.25, 0.3) is 5.91 Å². The van der Waals surface area contributed by atoms with Crippen molar-refractivity contribution in [2.45, 2.75) is 19.3 Å². The minimum absolute atomic E-state index is 0.0210. The number of rotatable bonds is 10. The average Bonchev–Trinajstić information content (AvgIpc) is 2.68. The van der Waals surface area contributed by atoms with Crippen molar-refractivity contribution >= 4 is 17.8 Å². The van der Waals surface area contributed by atoms with Crippen LogP contribution in [0.2, 0.25) is 0 Å². The van der Waals surface area contributed by atoms with Crippen LogP contribution in [0, 0.1) is 0 Å². The predicted octanol–water partition coefficient (Wildman–Crippen LogP) is 0.206. The van der Waals surface area contributed by atoms with Crippen LogP contribution < -0.4 is 10.6 Å². The van der Waals surface area contributed by atoms with Crippen molar-refractivity contribution in [2.24, 2.45) is 0 Å². The second kappa shape index (κ2) is 11.9. The number of hydrogen-bond donors (Lipinski definition) is 2. The number of nitrogens with zero attached hydrogens (tertiary/aromatic N) is 1. The largest absolute Gasteiger partial charge is 0.463 e. The highest BCUT2D eigenvalue weighted by atomic mass is 16.5. The highest BCUT2D eigenvalue weighted by Crippen LogP contribution is 2.06. The summed E-state index contributed by atoms with van der Waals surface area (Å²) in [5, 5.41) is 5.29. The summed E-state index contributed by atoms with van der Waals surface area (Å²) < 4.78 is 15.3. The number of ether oxygens (including phenoxy) is 3. The SMILES string of the molecule is C=C1NC=C(CCOC(=O)/C=C/C(=O)OCCCCN2CCOCC2)C(=O)N1. The Kier molecular flexibility index (Phi) is 9.23. The van der Waals surface area contributed by atoms with Gasteiger partial charge in [0.05, 0.1) is 26.4 Å². The van der Waals surface area contributed by atoms with Crippen molar-refractivity contribution in [3.05, 3.63) is 36.3 Å². The molecule has 0 aromatic carbocycles. The molecule has 0 atom stereocenters. The van der Waals surface area contributed by atoms with E-state index in [9.17, 15) is 14.4 Å². The van der Waals surface area contributed by atoms with Crippen molar-refractivity contribution < 1.29 is 28.6 Å². The van der Waals surface area contributed by atoms with Crippen LogP contribution in [-0.4, -0.2) is 68.8 Å². The van der Waals surface area contributed by atoms with E-state index in [2.05, 4.69) is 22.1 Å². The normalized spacial score (nSPS) is 17.6. The van der Waals surface area contributed by atoms with Gasteiger partial charge in [0.2, 0.25) is 0 Å². The number of carbonyl (C=O) groups excluding carboxylic acids is 3. The Balaban J connectivity index is 1.51. The molecule has 0 aliphatic carbocycles. The van der Waals surface area contributed by atoms with E-state index in [0.29, 0.717) is 18.0 Å². The number of morpholine rings is 1. The van der Waals surface area contributed by atoms with Gasteiger partial charge in [0, 0.05) is 43.4 Å². The molecule has 0 aromatic rings. The van der Waals surface area contributed by atoms with E-state index in [1.807, 2.05) is 0 Å². The van der Waals surface area contributed by atoms with Crippen molar-refractivity contribution in [1.29, 1.82) is 0 Å². The molecule has 2 N–H and O–H groups in total. The lowest BCUT2D eigenvalue weighted by atomic mass is 10.2. The molecular formula is C19H27N3O6. The van der Waals surface area contributed by atoms with Crippen LogP contribution in [0.4, 0.5) is 0 Å². The van der Waals surface area contributed by atoms with Crippen molar-refractivity contribution in [3.63, 3.8) is 0 Å². The first-order valence-corrected chi connectivity index (χ1v) is 9.32. The minimum Gasteiger partial charge on any atom is -0.463 e. The quantitative estimate of drug-likeness (QED) is 0.308. The number of esters is 2. The second-order valence-corrected chi connectivity index (χ2v) is 6.33. The van der Waals surface area contributed by atoms with Gasteiger partial charge < -0.3 is 24.8 Å². The smallest absolute Gasteiger partial charge is 0.331 e. The fraction of sp³-hybridized carbons (Fsp3) is 0.526. The molecular weight excluding hydrogens is 366 g/mol. The summed E-state index contributed by atoms with van der Waals surface area (Å²) in [7, 11) is 0. The number of hydrogen-bond acceptors (Lipinski definition) is 8. The van der Waals surface area contributed by atoms with E-state index in [4.69, 9.17) is 14.2 Å². The average molecular weight is 393 g/mol. The maximum Gasteiger partial charge on any atom is 0.331 e. The first-order chi connectivity index (χ1) is 13.5. The molecule has 1 amide bonds. The van der Waals surface area contributed by atoms with Crippen LogP contribution in [0.15, 0.2) is 36.3 Å². The van der Waals surface area contributed by atoms with Gasteiger partial charge in [-0.2, -0.15) is 0 Å². The first-order valence-electron chi connectivity index (χ1n) is 9.32. The van der Waals surface area contributed by atoms with Crippen LogP contribution in [-0.2, 0) is 28.6 Å². The van der Waals surface area contributed by atoms with E-state index in [1.165, 1.54) is 6.20 Å². The van der Waals surface area contributed by atoms with Gasteiger partial charge in [0.1, 0.15) is 5.82 Å². The number of carbonyl (C=O) groups is 3. The second-order valence-electron chi connectivity index (χ2n) is 6.33. The Labute approximate surface area is 164 Å².